The molecule has 1 aromatic carbocycles. The van der Waals surface area contributed by atoms with Gasteiger partial charge in [0.1, 0.15) is 12.1 Å². The number of aliphatic hydroxyl groups excluding tert-OH is 1. The van der Waals surface area contributed by atoms with Crippen molar-refractivity contribution < 1.29 is 29.4 Å². The molecule has 0 aliphatic carbocycles. The average molecular weight is 459 g/mol. The fourth-order valence-corrected chi connectivity index (χ4v) is 4.00. The molecule has 178 valence electrons. The lowest BCUT2D eigenvalue weighted by Gasteiger charge is -2.36. The topological polar surface area (TPSA) is 162 Å². The number of carboxylic acid groups (broad SMARTS) is 1. The number of terminal acetylenes is 1. The van der Waals surface area contributed by atoms with Gasteiger partial charge in [0.15, 0.2) is 0 Å². The summed E-state index contributed by atoms with van der Waals surface area (Å²) in [4.78, 5) is 50.3. The van der Waals surface area contributed by atoms with E-state index in [0.29, 0.717) is 5.56 Å². The smallest absolute Gasteiger partial charge is 0.405 e. The van der Waals surface area contributed by atoms with Crippen molar-refractivity contribution in [2.24, 2.45) is 11.1 Å². The van der Waals surface area contributed by atoms with Gasteiger partial charge in [0.2, 0.25) is 17.7 Å². The molecule has 1 saturated heterocycles. The number of likely N-dealkylation sites (tertiary alicyclic amines) is 1. The molecule has 4 amide bonds. The lowest BCUT2D eigenvalue weighted by atomic mass is 9.80. The predicted molar refractivity (Wildman–Crippen MR) is 120 cm³/mol. The van der Waals surface area contributed by atoms with E-state index in [1.54, 1.807) is 31.2 Å². The predicted octanol–water partition coefficient (Wildman–Crippen LogP) is 0.345. The Kier molecular flexibility index (Phi) is 8.06. The number of benzene rings is 1. The van der Waals surface area contributed by atoms with Gasteiger partial charge in [0.05, 0.1) is 12.1 Å². The molecule has 1 aliphatic heterocycles. The first-order valence-electron chi connectivity index (χ1n) is 10.5. The molecule has 0 unspecified atom stereocenters. The van der Waals surface area contributed by atoms with Crippen molar-refractivity contribution in [2.45, 2.75) is 57.8 Å². The first-order chi connectivity index (χ1) is 15.4. The molecule has 4 atom stereocenters. The van der Waals surface area contributed by atoms with Gasteiger partial charge in [0, 0.05) is 30.4 Å². The first-order valence-corrected chi connectivity index (χ1v) is 10.5. The Morgan fingerprint density at radius 2 is 1.85 bits per heavy atom. The Balaban J connectivity index is 2.23. The third kappa shape index (κ3) is 6.46. The highest BCUT2D eigenvalue weighted by Crippen LogP contribution is 2.29. The van der Waals surface area contributed by atoms with E-state index in [-0.39, 0.29) is 19.4 Å². The van der Waals surface area contributed by atoms with Crippen LogP contribution in [0.2, 0.25) is 0 Å². The van der Waals surface area contributed by atoms with Gasteiger partial charge >= 0.3 is 6.09 Å². The van der Waals surface area contributed by atoms with Crippen molar-refractivity contribution >= 4 is 23.8 Å². The van der Waals surface area contributed by atoms with E-state index < -0.39 is 53.5 Å². The largest absolute Gasteiger partial charge is 0.465 e. The number of nitrogens with one attached hydrogen (secondary N) is 2. The SMILES string of the molecule is C#Cc1ccc([C@H](C)NC(=O)[C@@H]2C[C@@H](O)CN2C(=O)[C@H](NC(=O)O)C(C)(C)CC(N)=O)cc1. The van der Waals surface area contributed by atoms with Crippen LogP contribution in [0, 0.1) is 17.8 Å². The van der Waals surface area contributed by atoms with Gasteiger partial charge < -0.3 is 31.5 Å². The highest BCUT2D eigenvalue weighted by molar-refractivity contribution is 5.93. The van der Waals surface area contributed by atoms with E-state index in [2.05, 4.69) is 16.6 Å². The van der Waals surface area contributed by atoms with Gasteiger partial charge in [-0.25, -0.2) is 4.79 Å². The number of hydrogen-bond donors (Lipinski definition) is 5. The molecule has 1 aliphatic rings. The Morgan fingerprint density at radius 1 is 1.24 bits per heavy atom. The number of amides is 4. The molecule has 0 saturated carbocycles. The molecule has 2 rings (SSSR count). The van der Waals surface area contributed by atoms with Crippen molar-refractivity contribution in [3.8, 4) is 12.3 Å². The maximum absolute atomic E-state index is 13.3. The highest BCUT2D eigenvalue weighted by Gasteiger charge is 2.46. The quantitative estimate of drug-likeness (QED) is 0.353. The van der Waals surface area contributed by atoms with Gasteiger partial charge in [-0.15, -0.1) is 6.42 Å². The minimum absolute atomic E-state index is 0.00361. The summed E-state index contributed by atoms with van der Waals surface area (Å²) in [6, 6.07) is 4.29. The van der Waals surface area contributed by atoms with Crippen molar-refractivity contribution in [1.29, 1.82) is 0 Å². The molecule has 10 heteroatoms. The van der Waals surface area contributed by atoms with Crippen LogP contribution in [0.3, 0.4) is 0 Å². The molecule has 1 fully saturated rings. The Morgan fingerprint density at radius 3 is 2.36 bits per heavy atom. The lowest BCUT2D eigenvalue weighted by molar-refractivity contribution is -0.143. The van der Waals surface area contributed by atoms with Gasteiger partial charge in [-0.05, 0) is 24.6 Å². The maximum atomic E-state index is 13.3. The van der Waals surface area contributed by atoms with E-state index in [1.807, 2.05) is 0 Å². The average Bonchev–Trinajstić information content (AvgIpc) is 3.12. The summed E-state index contributed by atoms with van der Waals surface area (Å²) in [5, 5.41) is 24.4. The van der Waals surface area contributed by atoms with Crippen LogP contribution in [0.15, 0.2) is 24.3 Å². The zero-order chi connectivity index (χ0) is 24.9. The monoisotopic (exact) mass is 458 g/mol. The number of rotatable bonds is 8. The van der Waals surface area contributed by atoms with Crippen LogP contribution in [0.4, 0.5) is 4.79 Å². The van der Waals surface area contributed by atoms with Crippen molar-refractivity contribution in [1.82, 2.24) is 15.5 Å². The molecule has 6 N–H and O–H groups in total. The normalized spacial score (nSPS) is 19.8. The number of β-amino-alcohol motifs (C(OH)–C–C–N with tert-alkyl or cyclic N) is 1. The van der Waals surface area contributed by atoms with Crippen molar-refractivity contribution in [2.75, 3.05) is 6.54 Å². The molecule has 0 spiro atoms. The molecule has 0 bridgehead atoms. The number of primary amides is 1. The fraction of sp³-hybridized carbons (Fsp3) is 0.478. The van der Waals surface area contributed by atoms with Crippen molar-refractivity contribution in [3.63, 3.8) is 0 Å². The van der Waals surface area contributed by atoms with Crippen LogP contribution in [-0.2, 0) is 14.4 Å². The van der Waals surface area contributed by atoms with Gasteiger partial charge in [0.25, 0.3) is 0 Å². The number of hydrogen-bond acceptors (Lipinski definition) is 5. The molecule has 1 heterocycles. The number of carbonyl (C=O) groups is 4. The maximum Gasteiger partial charge on any atom is 0.405 e. The fourth-order valence-electron chi connectivity index (χ4n) is 4.00. The minimum atomic E-state index is -1.46. The summed E-state index contributed by atoms with van der Waals surface area (Å²) in [5.41, 5.74) is 5.60. The Bertz CT molecular complexity index is 953. The van der Waals surface area contributed by atoms with Crippen molar-refractivity contribution in [3.05, 3.63) is 35.4 Å². The van der Waals surface area contributed by atoms with E-state index in [4.69, 9.17) is 12.2 Å². The summed E-state index contributed by atoms with van der Waals surface area (Å²) in [5.74, 6) is 0.603. The van der Waals surface area contributed by atoms with Crippen LogP contribution >= 0.6 is 0 Å². The molecular formula is C23H30N4O6. The van der Waals surface area contributed by atoms with Gasteiger partial charge in [-0.1, -0.05) is 31.9 Å². The second-order valence-electron chi connectivity index (χ2n) is 8.91. The molecule has 1 aromatic rings. The molecular weight excluding hydrogens is 428 g/mol. The molecule has 0 aromatic heterocycles. The zero-order valence-electron chi connectivity index (χ0n) is 18.9. The summed E-state index contributed by atoms with van der Waals surface area (Å²) in [6.45, 7) is 4.68. The third-order valence-corrected chi connectivity index (χ3v) is 5.73. The third-order valence-electron chi connectivity index (χ3n) is 5.73. The molecule has 10 nitrogen and oxygen atoms in total. The lowest BCUT2D eigenvalue weighted by Crippen LogP contribution is -2.58. The summed E-state index contributed by atoms with van der Waals surface area (Å²) >= 11 is 0. The standard InChI is InChI=1S/C23H30N4O6/c1-5-14-6-8-15(9-7-14)13(2)25-20(30)17-10-16(28)12-27(17)21(31)19(26-22(32)33)23(3,4)11-18(24)29/h1,6-9,13,16-17,19,26,28H,10-12H2,2-4H3,(H2,24,29)(H,25,30)(H,32,33)/t13-,16+,17-,19-/m0/s1. The number of nitrogens with zero attached hydrogens (tertiary/aromatic N) is 1. The van der Waals surface area contributed by atoms with E-state index >= 15 is 0 Å². The molecule has 0 radical (unpaired) electrons. The number of nitrogens with two attached hydrogens (primary N) is 1. The second kappa shape index (κ2) is 10.4. The first kappa shape index (κ1) is 25.7. The van der Waals surface area contributed by atoms with E-state index in [0.717, 1.165) is 10.5 Å². The Labute approximate surface area is 192 Å². The number of aliphatic hydroxyl groups is 1. The van der Waals surface area contributed by atoms with Gasteiger partial charge in [-0.2, -0.15) is 0 Å². The van der Waals surface area contributed by atoms with Crippen LogP contribution in [-0.4, -0.2) is 63.7 Å². The zero-order valence-corrected chi connectivity index (χ0v) is 18.9. The Hall–Kier alpha value is -3.58. The van der Waals surface area contributed by atoms with E-state index in [1.165, 1.54) is 13.8 Å². The summed E-state index contributed by atoms with van der Waals surface area (Å²) < 4.78 is 0. The second-order valence-corrected chi connectivity index (χ2v) is 8.91. The van der Waals surface area contributed by atoms with Crippen LogP contribution in [0.1, 0.15) is 50.8 Å². The minimum Gasteiger partial charge on any atom is -0.465 e. The van der Waals surface area contributed by atoms with E-state index in [9.17, 15) is 29.4 Å². The highest BCUT2D eigenvalue weighted by atomic mass is 16.4. The van der Waals surface area contributed by atoms with Crippen LogP contribution in [0.5, 0.6) is 0 Å². The van der Waals surface area contributed by atoms with Gasteiger partial charge in [-0.3, -0.25) is 14.4 Å². The molecule has 33 heavy (non-hydrogen) atoms. The van der Waals surface area contributed by atoms with Crippen LogP contribution < -0.4 is 16.4 Å². The van der Waals surface area contributed by atoms with Crippen LogP contribution in [0.25, 0.3) is 0 Å². The summed E-state index contributed by atoms with van der Waals surface area (Å²) in [7, 11) is 0. The number of carbonyl (C=O) groups excluding carboxylic acids is 3. The summed E-state index contributed by atoms with van der Waals surface area (Å²) in [6.07, 6.45) is 2.67.